The molecule has 0 aliphatic heterocycles. The van der Waals surface area contributed by atoms with Crippen molar-refractivity contribution in [2.45, 2.75) is 6.42 Å². The molecule has 0 aliphatic carbocycles. The molecule has 0 spiro atoms. The van der Waals surface area contributed by atoms with Crippen LogP contribution in [-0.2, 0) is 6.42 Å². The highest BCUT2D eigenvalue weighted by atomic mass is 15.1. The number of aromatic amines is 2. The lowest BCUT2D eigenvalue weighted by Crippen LogP contribution is -2.03. The molecule has 2 heterocycles. The highest BCUT2D eigenvalue weighted by Gasteiger charge is 2.11. The van der Waals surface area contributed by atoms with Crippen molar-refractivity contribution < 1.29 is 0 Å². The lowest BCUT2D eigenvalue weighted by atomic mass is 10.0. The van der Waals surface area contributed by atoms with Gasteiger partial charge in [-0.25, -0.2) is 0 Å². The Hall–Kier alpha value is -2.07. The van der Waals surface area contributed by atoms with Gasteiger partial charge in [-0.3, -0.25) is 5.10 Å². The molecule has 3 rings (SSSR count). The van der Waals surface area contributed by atoms with Gasteiger partial charge in [0.05, 0.1) is 6.20 Å². The van der Waals surface area contributed by atoms with Crippen molar-refractivity contribution in [2.75, 3.05) is 6.54 Å². The van der Waals surface area contributed by atoms with Gasteiger partial charge in [-0.05, 0) is 12.6 Å². The summed E-state index contributed by atoms with van der Waals surface area (Å²) in [6, 6.07) is 8.25. The number of nitrogens with one attached hydrogen (secondary N) is 2. The largest absolute Gasteiger partial charge is 0.361 e. The number of benzene rings is 1. The third-order valence-corrected chi connectivity index (χ3v) is 2.99. The Bertz CT molecular complexity index is 635. The Morgan fingerprint density at radius 3 is 2.94 bits per heavy atom. The number of aromatic nitrogens is 3. The van der Waals surface area contributed by atoms with Crippen molar-refractivity contribution in [3.8, 4) is 11.1 Å². The van der Waals surface area contributed by atoms with Crippen molar-refractivity contribution in [1.29, 1.82) is 0 Å². The van der Waals surface area contributed by atoms with E-state index in [1.807, 2.05) is 24.5 Å². The average Bonchev–Trinajstić information content (AvgIpc) is 2.95. The molecule has 0 amide bonds. The maximum Gasteiger partial charge on any atom is 0.0569 e. The van der Waals surface area contributed by atoms with Crippen LogP contribution in [0.1, 0.15) is 5.69 Å². The van der Waals surface area contributed by atoms with Crippen molar-refractivity contribution in [3.63, 3.8) is 0 Å². The number of nitrogens with zero attached hydrogens (tertiary/aromatic N) is 1. The predicted octanol–water partition coefficient (Wildman–Crippen LogP) is 2.06. The van der Waals surface area contributed by atoms with Crippen LogP contribution >= 0.6 is 0 Å². The molecule has 0 saturated carbocycles. The molecular weight excluding hydrogens is 212 g/mol. The van der Waals surface area contributed by atoms with Crippen molar-refractivity contribution >= 4 is 10.9 Å². The molecule has 0 bridgehead atoms. The van der Waals surface area contributed by atoms with Gasteiger partial charge in [0.25, 0.3) is 0 Å². The van der Waals surface area contributed by atoms with Gasteiger partial charge in [0.2, 0.25) is 0 Å². The molecule has 0 atom stereocenters. The summed E-state index contributed by atoms with van der Waals surface area (Å²) >= 11 is 0. The van der Waals surface area contributed by atoms with E-state index in [0.717, 1.165) is 23.2 Å². The Kier molecular flexibility index (Phi) is 2.42. The van der Waals surface area contributed by atoms with Gasteiger partial charge in [-0.2, -0.15) is 5.10 Å². The number of nitrogens with two attached hydrogens (primary N) is 1. The van der Waals surface area contributed by atoms with E-state index in [1.165, 1.54) is 10.9 Å². The number of hydrogen-bond acceptors (Lipinski definition) is 2. The minimum Gasteiger partial charge on any atom is -0.361 e. The second-order valence-electron chi connectivity index (χ2n) is 4.05. The molecular formula is C13H14N4. The number of rotatable bonds is 3. The first kappa shape index (κ1) is 10.1. The molecule has 17 heavy (non-hydrogen) atoms. The molecule has 2 aromatic heterocycles. The van der Waals surface area contributed by atoms with Crippen LogP contribution in [0.25, 0.3) is 22.0 Å². The minimum absolute atomic E-state index is 0.623. The summed E-state index contributed by atoms with van der Waals surface area (Å²) in [6.07, 6.45) is 4.70. The zero-order valence-electron chi connectivity index (χ0n) is 9.40. The van der Waals surface area contributed by atoms with Crippen molar-refractivity contribution in [2.24, 2.45) is 5.73 Å². The third-order valence-electron chi connectivity index (χ3n) is 2.99. The zero-order chi connectivity index (χ0) is 11.7. The molecule has 0 aliphatic rings. The summed E-state index contributed by atoms with van der Waals surface area (Å²) in [6.45, 7) is 0.623. The van der Waals surface area contributed by atoms with Crippen LogP contribution in [0.5, 0.6) is 0 Å². The fourth-order valence-electron chi connectivity index (χ4n) is 2.17. The van der Waals surface area contributed by atoms with Crippen LogP contribution in [0.4, 0.5) is 0 Å². The summed E-state index contributed by atoms with van der Waals surface area (Å²) in [5.41, 5.74) is 10.1. The molecule has 4 nitrogen and oxygen atoms in total. The van der Waals surface area contributed by atoms with Gasteiger partial charge < -0.3 is 10.7 Å². The second-order valence-corrected chi connectivity index (χ2v) is 4.05. The average molecular weight is 226 g/mol. The topological polar surface area (TPSA) is 70.5 Å². The number of para-hydroxylation sites is 1. The molecule has 4 heteroatoms. The Morgan fingerprint density at radius 1 is 1.18 bits per heavy atom. The van der Waals surface area contributed by atoms with E-state index >= 15 is 0 Å². The smallest absolute Gasteiger partial charge is 0.0569 e. The second kappa shape index (κ2) is 4.07. The van der Waals surface area contributed by atoms with Crippen LogP contribution in [0.3, 0.4) is 0 Å². The van der Waals surface area contributed by atoms with Crippen LogP contribution in [0, 0.1) is 0 Å². The first-order chi connectivity index (χ1) is 8.40. The number of hydrogen-bond donors (Lipinski definition) is 3. The van der Waals surface area contributed by atoms with E-state index in [-0.39, 0.29) is 0 Å². The Balaban J connectivity index is 2.17. The molecule has 3 aromatic rings. The van der Waals surface area contributed by atoms with E-state index in [1.54, 1.807) is 0 Å². The summed E-state index contributed by atoms with van der Waals surface area (Å²) < 4.78 is 0. The lowest BCUT2D eigenvalue weighted by molar-refractivity contribution is 0.902. The lowest BCUT2D eigenvalue weighted by Gasteiger charge is -2.00. The summed E-state index contributed by atoms with van der Waals surface area (Å²) in [5, 5.41) is 8.34. The van der Waals surface area contributed by atoms with Crippen LogP contribution in [0.2, 0.25) is 0 Å². The van der Waals surface area contributed by atoms with Crippen molar-refractivity contribution in [1.82, 2.24) is 15.2 Å². The van der Waals surface area contributed by atoms with Crippen molar-refractivity contribution in [3.05, 3.63) is 42.4 Å². The summed E-state index contributed by atoms with van der Waals surface area (Å²) in [4.78, 5) is 3.27. The number of fused-ring (bicyclic) bond motifs is 1. The maximum absolute atomic E-state index is 5.60. The van der Waals surface area contributed by atoms with E-state index in [9.17, 15) is 0 Å². The minimum atomic E-state index is 0.623. The molecule has 0 radical (unpaired) electrons. The SMILES string of the molecule is NCCc1[nH]ncc1-c1c[nH]c2ccccc12. The van der Waals surface area contributed by atoms with Gasteiger partial charge in [0.1, 0.15) is 0 Å². The predicted molar refractivity (Wildman–Crippen MR) is 68.6 cm³/mol. The third kappa shape index (κ3) is 1.62. The normalized spacial score (nSPS) is 11.1. The zero-order valence-corrected chi connectivity index (χ0v) is 9.40. The highest BCUT2D eigenvalue weighted by molar-refractivity contribution is 5.95. The quantitative estimate of drug-likeness (QED) is 0.639. The highest BCUT2D eigenvalue weighted by Crippen LogP contribution is 2.29. The molecule has 0 saturated heterocycles. The summed E-state index contributed by atoms with van der Waals surface area (Å²) in [7, 11) is 0. The van der Waals surface area contributed by atoms with Gasteiger partial charge in [0, 0.05) is 40.3 Å². The summed E-state index contributed by atoms with van der Waals surface area (Å²) in [5.74, 6) is 0. The molecule has 0 fully saturated rings. The molecule has 4 N–H and O–H groups in total. The molecule has 86 valence electrons. The van der Waals surface area contributed by atoms with Crippen LogP contribution in [-0.4, -0.2) is 21.7 Å². The van der Waals surface area contributed by atoms with Crippen LogP contribution in [0.15, 0.2) is 36.7 Å². The fraction of sp³-hybridized carbons (Fsp3) is 0.154. The van der Waals surface area contributed by atoms with Crippen LogP contribution < -0.4 is 5.73 Å². The number of H-pyrrole nitrogens is 2. The van der Waals surface area contributed by atoms with E-state index in [4.69, 9.17) is 5.73 Å². The standard InChI is InChI=1S/C13H14N4/c14-6-5-13-11(8-16-17-13)10-7-15-12-4-2-1-3-9(10)12/h1-4,7-8,15H,5-6,14H2,(H,16,17). The van der Waals surface area contributed by atoms with E-state index in [2.05, 4.69) is 27.3 Å². The maximum atomic E-state index is 5.60. The van der Waals surface area contributed by atoms with Gasteiger partial charge in [0.15, 0.2) is 0 Å². The van der Waals surface area contributed by atoms with Gasteiger partial charge in [-0.1, -0.05) is 18.2 Å². The first-order valence-corrected chi connectivity index (χ1v) is 5.69. The van der Waals surface area contributed by atoms with Gasteiger partial charge >= 0.3 is 0 Å². The first-order valence-electron chi connectivity index (χ1n) is 5.69. The molecule has 1 aromatic carbocycles. The Labute approximate surface area is 98.8 Å². The van der Waals surface area contributed by atoms with E-state index in [0.29, 0.717) is 6.54 Å². The molecule has 0 unspecified atom stereocenters. The van der Waals surface area contributed by atoms with Gasteiger partial charge in [-0.15, -0.1) is 0 Å². The van der Waals surface area contributed by atoms with E-state index < -0.39 is 0 Å². The fourth-order valence-corrected chi connectivity index (χ4v) is 2.17. The Morgan fingerprint density at radius 2 is 2.06 bits per heavy atom. The monoisotopic (exact) mass is 226 g/mol.